The Balaban J connectivity index is 2.71. The van der Waals surface area contributed by atoms with E-state index in [0.29, 0.717) is 5.92 Å². The second-order valence-corrected chi connectivity index (χ2v) is 3.38. The molecular formula is C9H15NO. The number of nitrogens with two attached hydrogens (primary N) is 1. The van der Waals surface area contributed by atoms with Crippen molar-refractivity contribution in [1.29, 1.82) is 0 Å². The Hall–Kier alpha value is -0.600. The zero-order valence-electron chi connectivity index (χ0n) is 7.04. The van der Waals surface area contributed by atoms with Gasteiger partial charge < -0.3 is 10.8 Å². The Morgan fingerprint density at radius 2 is 2.36 bits per heavy atom. The van der Waals surface area contributed by atoms with Crippen molar-refractivity contribution in [1.82, 2.24) is 0 Å². The maximum absolute atomic E-state index is 9.39. The molecular weight excluding hydrogens is 138 g/mol. The van der Waals surface area contributed by atoms with Crippen LogP contribution in [-0.2, 0) is 0 Å². The van der Waals surface area contributed by atoms with Gasteiger partial charge >= 0.3 is 0 Å². The fourth-order valence-corrected chi connectivity index (χ4v) is 1.10. The van der Waals surface area contributed by atoms with Gasteiger partial charge in [0.15, 0.2) is 0 Å². The lowest BCUT2D eigenvalue weighted by Gasteiger charge is -2.22. The molecule has 11 heavy (non-hydrogen) atoms. The van der Waals surface area contributed by atoms with Crippen LogP contribution in [0.4, 0.5) is 0 Å². The molecule has 0 aromatic rings. The van der Waals surface area contributed by atoms with Gasteiger partial charge in [0.2, 0.25) is 0 Å². The topological polar surface area (TPSA) is 46.2 Å². The van der Waals surface area contributed by atoms with Crippen molar-refractivity contribution in [3.63, 3.8) is 0 Å². The van der Waals surface area contributed by atoms with E-state index in [1.54, 1.807) is 6.92 Å². The van der Waals surface area contributed by atoms with E-state index >= 15 is 0 Å². The summed E-state index contributed by atoms with van der Waals surface area (Å²) in [5.41, 5.74) is 5.14. The first-order valence-electron chi connectivity index (χ1n) is 3.90. The number of aliphatic hydroxyl groups is 1. The molecule has 0 aromatic heterocycles. The fraction of sp³-hybridized carbons (Fsp3) is 0.556. The minimum atomic E-state index is -1.17. The molecule has 2 atom stereocenters. The van der Waals surface area contributed by atoms with Crippen molar-refractivity contribution in [2.24, 2.45) is 11.7 Å². The van der Waals surface area contributed by atoms with Crippen molar-refractivity contribution < 1.29 is 5.11 Å². The average Bonchev–Trinajstić information content (AvgIpc) is 1.86. The molecule has 2 nitrogen and oxygen atoms in total. The molecule has 2 unspecified atom stereocenters. The van der Waals surface area contributed by atoms with Gasteiger partial charge in [0.05, 0.1) is 0 Å². The van der Waals surface area contributed by atoms with Crippen LogP contribution < -0.4 is 5.73 Å². The highest BCUT2D eigenvalue weighted by atomic mass is 16.3. The van der Waals surface area contributed by atoms with Crippen LogP contribution in [0, 0.1) is 5.92 Å². The third-order valence-electron chi connectivity index (χ3n) is 1.90. The van der Waals surface area contributed by atoms with Gasteiger partial charge in [0, 0.05) is 0 Å². The maximum Gasteiger partial charge on any atom is 0.136 e. The first-order chi connectivity index (χ1) is 5.00. The first kappa shape index (κ1) is 8.50. The van der Waals surface area contributed by atoms with Crippen LogP contribution in [0.1, 0.15) is 20.3 Å². The molecule has 0 saturated heterocycles. The van der Waals surface area contributed by atoms with E-state index in [0.717, 1.165) is 12.0 Å². The summed E-state index contributed by atoms with van der Waals surface area (Å²) in [6.45, 7) is 3.73. The first-order valence-corrected chi connectivity index (χ1v) is 3.90. The van der Waals surface area contributed by atoms with Crippen molar-refractivity contribution in [3.8, 4) is 0 Å². The van der Waals surface area contributed by atoms with Gasteiger partial charge in [0.25, 0.3) is 0 Å². The molecule has 0 amide bonds. The molecule has 3 N–H and O–H groups in total. The zero-order valence-corrected chi connectivity index (χ0v) is 7.04. The molecule has 0 aromatic carbocycles. The van der Waals surface area contributed by atoms with E-state index < -0.39 is 5.72 Å². The largest absolute Gasteiger partial charge is 0.372 e. The lowest BCUT2D eigenvalue weighted by atomic mass is 9.94. The van der Waals surface area contributed by atoms with Gasteiger partial charge in [-0.1, -0.05) is 25.2 Å². The van der Waals surface area contributed by atoms with Gasteiger partial charge in [-0.15, -0.1) is 0 Å². The second-order valence-electron chi connectivity index (χ2n) is 3.38. The Morgan fingerprint density at radius 3 is 2.73 bits per heavy atom. The summed E-state index contributed by atoms with van der Waals surface area (Å²) in [4.78, 5) is 0. The summed E-state index contributed by atoms with van der Waals surface area (Å²) in [7, 11) is 0. The second kappa shape index (κ2) is 2.80. The third-order valence-corrected chi connectivity index (χ3v) is 1.90. The van der Waals surface area contributed by atoms with Crippen LogP contribution in [0.5, 0.6) is 0 Å². The van der Waals surface area contributed by atoms with Crippen LogP contribution in [0.2, 0.25) is 0 Å². The van der Waals surface area contributed by atoms with Crippen molar-refractivity contribution in [2.75, 3.05) is 0 Å². The predicted octanol–water partition coefficient (Wildman–Crippen LogP) is 1.18. The summed E-state index contributed by atoms with van der Waals surface area (Å²) in [5.74, 6) is 0.570. The predicted molar refractivity (Wildman–Crippen MR) is 45.8 cm³/mol. The molecule has 0 spiro atoms. The molecule has 0 heterocycles. The van der Waals surface area contributed by atoms with Gasteiger partial charge in [-0.25, -0.2) is 0 Å². The monoisotopic (exact) mass is 153 g/mol. The Kier molecular flexibility index (Phi) is 2.16. The highest BCUT2D eigenvalue weighted by Gasteiger charge is 2.19. The van der Waals surface area contributed by atoms with Crippen molar-refractivity contribution >= 4 is 0 Å². The van der Waals surface area contributed by atoms with Crippen LogP contribution in [0.15, 0.2) is 23.8 Å². The normalized spacial score (nSPS) is 29.5. The SMILES string of the molecule is CC1C=CC(C(C)(N)O)=CC1. The summed E-state index contributed by atoms with van der Waals surface area (Å²) in [6.07, 6.45) is 6.93. The molecule has 0 radical (unpaired) electrons. The van der Waals surface area contributed by atoms with Crippen LogP contribution >= 0.6 is 0 Å². The van der Waals surface area contributed by atoms with E-state index in [9.17, 15) is 5.11 Å². The standard InChI is InChI=1S/C9H15NO/c1-7-3-5-8(6-4-7)9(2,10)11/h3,5-7,11H,4,10H2,1-2H3. The number of hydrogen-bond donors (Lipinski definition) is 2. The molecule has 1 rings (SSSR count). The van der Waals surface area contributed by atoms with E-state index in [-0.39, 0.29) is 0 Å². The van der Waals surface area contributed by atoms with E-state index in [1.807, 2.05) is 12.2 Å². The fourth-order valence-electron chi connectivity index (χ4n) is 1.10. The molecule has 1 aliphatic carbocycles. The minimum absolute atomic E-state index is 0.570. The maximum atomic E-state index is 9.39. The van der Waals surface area contributed by atoms with Crippen LogP contribution in [-0.4, -0.2) is 10.8 Å². The van der Waals surface area contributed by atoms with Gasteiger partial charge in [-0.2, -0.15) is 0 Å². The van der Waals surface area contributed by atoms with Gasteiger partial charge in [-0.3, -0.25) is 0 Å². The Bertz CT molecular complexity index is 198. The van der Waals surface area contributed by atoms with Crippen LogP contribution in [0.3, 0.4) is 0 Å². The Morgan fingerprint density at radius 1 is 1.73 bits per heavy atom. The van der Waals surface area contributed by atoms with Crippen LogP contribution in [0.25, 0.3) is 0 Å². The van der Waals surface area contributed by atoms with Crippen molar-refractivity contribution in [2.45, 2.75) is 26.0 Å². The Labute approximate surface area is 67.4 Å². The van der Waals surface area contributed by atoms with Gasteiger partial charge in [0.1, 0.15) is 5.72 Å². The summed E-state index contributed by atoms with van der Waals surface area (Å²) in [5, 5.41) is 9.39. The highest BCUT2D eigenvalue weighted by Crippen LogP contribution is 2.20. The average molecular weight is 153 g/mol. The summed E-state index contributed by atoms with van der Waals surface area (Å²) >= 11 is 0. The van der Waals surface area contributed by atoms with Gasteiger partial charge in [-0.05, 0) is 24.8 Å². The number of allylic oxidation sites excluding steroid dienone is 2. The number of hydrogen-bond acceptors (Lipinski definition) is 2. The quantitative estimate of drug-likeness (QED) is 0.555. The number of rotatable bonds is 1. The molecule has 2 heteroatoms. The zero-order chi connectivity index (χ0) is 8.48. The molecule has 62 valence electrons. The molecule has 0 fully saturated rings. The van der Waals surface area contributed by atoms with E-state index in [1.165, 1.54) is 0 Å². The van der Waals surface area contributed by atoms with Crippen molar-refractivity contribution in [3.05, 3.63) is 23.8 Å². The molecule has 1 aliphatic rings. The molecule has 0 saturated carbocycles. The lowest BCUT2D eigenvalue weighted by molar-refractivity contribution is 0.109. The smallest absolute Gasteiger partial charge is 0.136 e. The van der Waals surface area contributed by atoms with E-state index in [2.05, 4.69) is 13.0 Å². The lowest BCUT2D eigenvalue weighted by Crippen LogP contribution is -2.37. The summed E-state index contributed by atoms with van der Waals surface area (Å²) < 4.78 is 0. The summed E-state index contributed by atoms with van der Waals surface area (Å²) in [6, 6.07) is 0. The highest BCUT2D eigenvalue weighted by molar-refractivity contribution is 5.29. The molecule has 0 bridgehead atoms. The van der Waals surface area contributed by atoms with E-state index in [4.69, 9.17) is 5.73 Å². The minimum Gasteiger partial charge on any atom is -0.372 e. The molecule has 0 aliphatic heterocycles. The third kappa shape index (κ3) is 2.17.